The lowest BCUT2D eigenvalue weighted by atomic mass is 9.76. The minimum absolute atomic E-state index is 0.0269. The number of para-hydroxylation sites is 1. The number of ether oxygens (including phenoxy) is 2. The molecule has 2 fully saturated rings. The summed E-state index contributed by atoms with van der Waals surface area (Å²) in [6.45, 7) is 2.44. The van der Waals surface area contributed by atoms with Crippen LogP contribution in [0.15, 0.2) is 140 Å². The van der Waals surface area contributed by atoms with E-state index in [0.717, 1.165) is 16.5 Å². The van der Waals surface area contributed by atoms with E-state index < -0.39 is 89.3 Å². The van der Waals surface area contributed by atoms with E-state index in [4.69, 9.17) is 20.9 Å². The molecule has 0 radical (unpaired) electrons. The predicted octanol–water partition coefficient (Wildman–Crippen LogP) is 3.52. The van der Waals surface area contributed by atoms with Gasteiger partial charge in [0.2, 0.25) is 35.4 Å². The number of carbonyl (C=O) groups is 7. The van der Waals surface area contributed by atoms with Gasteiger partial charge >= 0.3 is 6.09 Å². The van der Waals surface area contributed by atoms with E-state index in [9.17, 15) is 14.4 Å². The van der Waals surface area contributed by atoms with Crippen molar-refractivity contribution in [3.8, 4) is 5.75 Å². The Bertz CT molecular complexity index is 2950. The van der Waals surface area contributed by atoms with Crippen molar-refractivity contribution in [1.29, 1.82) is 0 Å². The average Bonchev–Trinajstić information content (AvgIpc) is 4.07. The van der Waals surface area contributed by atoms with Gasteiger partial charge in [0.1, 0.15) is 54.7 Å². The summed E-state index contributed by atoms with van der Waals surface area (Å²) in [5.41, 5.74) is 14.3. The van der Waals surface area contributed by atoms with Gasteiger partial charge in [-0.3, -0.25) is 28.8 Å². The zero-order valence-electron chi connectivity index (χ0n) is 43.8. The largest absolute Gasteiger partial charge is 0.489 e. The molecule has 3 aliphatic rings. The Morgan fingerprint density at radius 2 is 1.29 bits per heavy atom. The maximum Gasteiger partial charge on any atom is 0.407 e. The fourth-order valence-corrected chi connectivity index (χ4v) is 10.2. The minimum atomic E-state index is -1.33. The number of alkyl carbamates (subject to hydrolysis) is 1. The Labute approximate surface area is 453 Å². The van der Waals surface area contributed by atoms with Gasteiger partial charge < -0.3 is 62.7 Å². The molecule has 8 rings (SSSR count). The van der Waals surface area contributed by atoms with E-state index in [1.165, 1.54) is 4.90 Å². The molecule has 19 heteroatoms. The molecule has 0 bridgehead atoms. The van der Waals surface area contributed by atoms with Crippen LogP contribution < -0.4 is 48.1 Å². The van der Waals surface area contributed by atoms with E-state index in [1.807, 2.05) is 72.8 Å². The molecule has 1 aromatic heterocycles. The second-order valence-corrected chi connectivity index (χ2v) is 20.3. The van der Waals surface area contributed by atoms with E-state index >= 15 is 19.2 Å². The van der Waals surface area contributed by atoms with Crippen LogP contribution >= 0.6 is 0 Å². The third-order valence-corrected chi connectivity index (χ3v) is 14.5. The molecule has 0 saturated carbocycles. The van der Waals surface area contributed by atoms with E-state index in [2.05, 4.69) is 36.9 Å². The molecule has 8 atom stereocenters. The van der Waals surface area contributed by atoms with Crippen molar-refractivity contribution in [3.63, 3.8) is 0 Å². The van der Waals surface area contributed by atoms with E-state index in [0.29, 0.717) is 54.9 Å². The molecular weight excluding hydrogens is 993 g/mol. The van der Waals surface area contributed by atoms with Gasteiger partial charge in [0.05, 0.1) is 6.54 Å². The predicted molar refractivity (Wildman–Crippen MR) is 294 cm³/mol. The first-order chi connectivity index (χ1) is 37.8. The molecule has 78 heavy (non-hydrogen) atoms. The number of aromatic nitrogens is 1. The number of hydrogen-bond acceptors (Lipinski definition) is 11. The summed E-state index contributed by atoms with van der Waals surface area (Å²) in [4.78, 5) is 108. The zero-order chi connectivity index (χ0) is 55.0. The second kappa shape index (κ2) is 26.7. The number of unbranched alkanes of at least 4 members (excludes halogenated alkanes) is 1. The number of rotatable bonds is 17. The van der Waals surface area contributed by atoms with Crippen LogP contribution in [0.5, 0.6) is 5.75 Å². The van der Waals surface area contributed by atoms with Crippen LogP contribution in [0, 0.1) is 5.41 Å². The number of benzene rings is 4. The number of nitrogens with one attached hydrogen (secondary N) is 7. The molecule has 11 N–H and O–H groups in total. The van der Waals surface area contributed by atoms with E-state index in [-0.39, 0.29) is 51.7 Å². The number of nitrogens with two attached hydrogens (primary N) is 2. The van der Waals surface area contributed by atoms with Gasteiger partial charge in [0.25, 0.3) is 0 Å². The number of H-pyrrole nitrogens is 1. The lowest BCUT2D eigenvalue weighted by Gasteiger charge is -2.37. The number of aromatic amines is 1. The first-order valence-electron chi connectivity index (χ1n) is 26.7. The highest BCUT2D eigenvalue weighted by molar-refractivity contribution is 5.99. The number of fused-ring (bicyclic) bond motifs is 2. The summed E-state index contributed by atoms with van der Waals surface area (Å²) in [6, 6.07) is 25.4. The highest BCUT2D eigenvalue weighted by Crippen LogP contribution is 2.33. The SMILES string of the molecule is CC1([C@@H]2NC(=O)[C@@H]3C[C@@H](OC(=O)NCCN)CN3C(=O)[C@H](Cc3ccccc3)NC(=O)[C@H](Cc3ccc(OCc4ccccc4)cc3)NC(=O)[C@H](CCCCN)NC(=O)[C@@H](Cc3c[nH]c4ccccc34)NC2=O)C=CC=CC1. The highest BCUT2D eigenvalue weighted by atomic mass is 16.6. The summed E-state index contributed by atoms with van der Waals surface area (Å²) in [5, 5.41) is 18.1. The third-order valence-electron chi connectivity index (χ3n) is 14.5. The zero-order valence-corrected chi connectivity index (χ0v) is 43.8. The van der Waals surface area contributed by atoms with Crippen molar-refractivity contribution in [1.82, 2.24) is 41.8 Å². The van der Waals surface area contributed by atoms with Crippen molar-refractivity contribution in [2.24, 2.45) is 16.9 Å². The molecule has 410 valence electrons. The normalized spacial score (nSPS) is 24.2. The first kappa shape index (κ1) is 55.9. The number of amides is 7. The molecule has 0 spiro atoms. The van der Waals surface area contributed by atoms with Crippen molar-refractivity contribution in [3.05, 3.63) is 162 Å². The fraction of sp³-hybridized carbons (Fsp3) is 0.373. The number of allylic oxidation sites excluding steroid dienone is 3. The van der Waals surface area contributed by atoms with Gasteiger partial charge in [-0.2, -0.15) is 0 Å². The van der Waals surface area contributed by atoms with Crippen LogP contribution in [0.4, 0.5) is 4.79 Å². The van der Waals surface area contributed by atoms with Crippen LogP contribution in [-0.4, -0.2) is 120 Å². The Kier molecular flexibility index (Phi) is 19.1. The van der Waals surface area contributed by atoms with Gasteiger partial charge in [-0.25, -0.2) is 4.79 Å². The van der Waals surface area contributed by atoms with Gasteiger partial charge in [-0.15, -0.1) is 0 Å². The molecule has 4 aromatic carbocycles. The lowest BCUT2D eigenvalue weighted by Crippen LogP contribution is -2.63. The average molecular weight is 1060 g/mol. The molecule has 5 aromatic rings. The fourth-order valence-electron chi connectivity index (χ4n) is 10.2. The highest BCUT2D eigenvalue weighted by Gasteiger charge is 2.47. The quantitative estimate of drug-likeness (QED) is 0.0608. The standard InChI is InChI=1S/C59H70N10O9/c1-59(26-12-4-13-27-59)51-56(74)66-48(33-41-35-63-45-20-10-9-19-44(41)45)54(72)64-46(21-11-14-28-60)52(70)65-47(31-39-22-24-42(25-23-39)77-37-40-17-7-3-8-18-40)53(71)67-49(32-38-15-5-2-6-16-38)57(75)69-36-43(34-50(69)55(73)68-51)78-58(76)62-30-29-61/h2-10,12-13,15-20,22-26,35,43,46-51,63H,11,14,21,27-34,36-37,60-61H2,1H3,(H,62,76)(H,64,72)(H,65,70)(H,66,74)(H,67,71)(H,68,73)/t43-,46+,47+,48-,49+,50+,51-,59?/m1/s1. The van der Waals surface area contributed by atoms with Crippen LogP contribution in [0.3, 0.4) is 0 Å². The number of hydrogen-bond donors (Lipinski definition) is 9. The molecule has 2 aliphatic heterocycles. The van der Waals surface area contributed by atoms with Gasteiger partial charge in [0, 0.05) is 61.3 Å². The monoisotopic (exact) mass is 1060 g/mol. The maximum absolute atomic E-state index is 15.4. The number of carbonyl (C=O) groups excluding carboxylic acids is 7. The summed E-state index contributed by atoms with van der Waals surface area (Å²) < 4.78 is 11.8. The second-order valence-electron chi connectivity index (χ2n) is 20.3. The molecule has 7 amide bonds. The minimum Gasteiger partial charge on any atom is -0.489 e. The van der Waals surface area contributed by atoms with Crippen LogP contribution in [0.2, 0.25) is 0 Å². The molecular formula is C59H70N10O9. The molecule has 1 aliphatic carbocycles. The van der Waals surface area contributed by atoms with Gasteiger partial charge in [-0.1, -0.05) is 122 Å². The summed E-state index contributed by atoms with van der Waals surface area (Å²) in [5.74, 6) is -3.63. The smallest absolute Gasteiger partial charge is 0.407 e. The molecule has 3 heterocycles. The van der Waals surface area contributed by atoms with Gasteiger partial charge in [0.15, 0.2) is 0 Å². The third kappa shape index (κ3) is 14.6. The molecule has 1 unspecified atom stereocenters. The van der Waals surface area contributed by atoms with Crippen LogP contribution in [0.1, 0.15) is 61.3 Å². The Morgan fingerprint density at radius 1 is 0.667 bits per heavy atom. The topological polar surface area (TPSA) is 281 Å². The van der Waals surface area contributed by atoms with Crippen LogP contribution in [0.25, 0.3) is 10.9 Å². The number of nitrogens with zero attached hydrogens (tertiary/aromatic N) is 1. The van der Waals surface area contributed by atoms with Crippen molar-refractivity contribution in [2.45, 2.75) is 107 Å². The Balaban J connectivity index is 1.20. The van der Waals surface area contributed by atoms with Crippen LogP contribution in [-0.2, 0) is 59.4 Å². The van der Waals surface area contributed by atoms with Crippen molar-refractivity contribution in [2.75, 3.05) is 26.2 Å². The van der Waals surface area contributed by atoms with E-state index in [1.54, 1.807) is 73.8 Å². The lowest BCUT2D eigenvalue weighted by molar-refractivity contribution is -0.143. The summed E-state index contributed by atoms with van der Waals surface area (Å²) in [7, 11) is 0. The summed E-state index contributed by atoms with van der Waals surface area (Å²) in [6.07, 6.45) is 8.29. The summed E-state index contributed by atoms with van der Waals surface area (Å²) >= 11 is 0. The molecule has 2 saturated heterocycles. The van der Waals surface area contributed by atoms with Gasteiger partial charge in [-0.05, 0) is 72.7 Å². The Hall–Kier alpha value is -8.29. The van der Waals surface area contributed by atoms with Crippen molar-refractivity contribution < 1.29 is 43.0 Å². The van der Waals surface area contributed by atoms with Crippen molar-refractivity contribution >= 4 is 52.4 Å². The molecule has 19 nitrogen and oxygen atoms in total. The Morgan fingerprint density at radius 3 is 2.00 bits per heavy atom. The first-order valence-corrected chi connectivity index (χ1v) is 26.7. The maximum atomic E-state index is 15.4.